The van der Waals surface area contributed by atoms with Crippen molar-refractivity contribution < 1.29 is 9.90 Å². The zero-order valence-corrected chi connectivity index (χ0v) is 17.2. The highest BCUT2D eigenvalue weighted by Crippen LogP contribution is 2.26. The summed E-state index contributed by atoms with van der Waals surface area (Å²) in [5, 5.41) is 11.8. The minimum Gasteiger partial charge on any atom is -0.478 e. The van der Waals surface area contributed by atoms with Crippen LogP contribution in [0.4, 0.5) is 0 Å². The van der Waals surface area contributed by atoms with Gasteiger partial charge in [0, 0.05) is 0 Å². The molecule has 0 spiro atoms. The zero-order valence-electron chi connectivity index (χ0n) is 17.2. The van der Waals surface area contributed by atoms with Crippen molar-refractivity contribution in [3.63, 3.8) is 0 Å². The number of aryl methyl sites for hydroxylation is 2. The Hall–Kier alpha value is -1.83. The molecular formula is C25H36O2. The maximum atomic E-state index is 11.9. The van der Waals surface area contributed by atoms with Crippen LogP contribution in [0.3, 0.4) is 0 Å². The van der Waals surface area contributed by atoms with E-state index in [4.69, 9.17) is 0 Å². The van der Waals surface area contributed by atoms with Crippen LogP contribution in [0.1, 0.15) is 99.5 Å². The summed E-state index contributed by atoms with van der Waals surface area (Å²) in [5.41, 5.74) is 2.82. The summed E-state index contributed by atoms with van der Waals surface area (Å²) in [5.74, 6) is -0.795. The molecule has 148 valence electrons. The van der Waals surface area contributed by atoms with Crippen molar-refractivity contribution in [2.24, 2.45) is 0 Å². The molecule has 0 fully saturated rings. The number of hydrogen-bond acceptors (Lipinski definition) is 1. The number of benzene rings is 2. The Morgan fingerprint density at radius 3 is 2.04 bits per heavy atom. The smallest absolute Gasteiger partial charge is 0.336 e. The third kappa shape index (κ3) is 6.68. The third-order valence-electron chi connectivity index (χ3n) is 5.50. The Bertz CT molecular complexity index is 718. The molecule has 0 radical (unpaired) electrons. The van der Waals surface area contributed by atoms with E-state index in [1.807, 2.05) is 12.1 Å². The van der Waals surface area contributed by atoms with Crippen LogP contribution in [0, 0.1) is 0 Å². The van der Waals surface area contributed by atoms with Gasteiger partial charge in [0.1, 0.15) is 0 Å². The molecule has 0 unspecified atom stereocenters. The Balaban J connectivity index is 2.08. The summed E-state index contributed by atoms with van der Waals surface area (Å²) in [6.45, 7) is 4.45. The first-order chi connectivity index (χ1) is 13.2. The fourth-order valence-electron chi connectivity index (χ4n) is 3.89. The van der Waals surface area contributed by atoms with Crippen molar-refractivity contribution in [2.45, 2.75) is 90.9 Å². The van der Waals surface area contributed by atoms with Crippen molar-refractivity contribution in [3.05, 3.63) is 47.0 Å². The Labute approximate surface area is 165 Å². The molecule has 0 amide bonds. The van der Waals surface area contributed by atoms with E-state index >= 15 is 0 Å². The summed E-state index contributed by atoms with van der Waals surface area (Å²) in [7, 11) is 0. The fourth-order valence-corrected chi connectivity index (χ4v) is 3.89. The van der Waals surface area contributed by atoms with E-state index in [0.29, 0.717) is 5.56 Å². The molecular weight excluding hydrogens is 332 g/mol. The van der Waals surface area contributed by atoms with Crippen LogP contribution in [0.2, 0.25) is 0 Å². The molecule has 0 aromatic heterocycles. The maximum absolute atomic E-state index is 11.9. The van der Waals surface area contributed by atoms with E-state index in [-0.39, 0.29) is 0 Å². The summed E-state index contributed by atoms with van der Waals surface area (Å²) in [4.78, 5) is 11.9. The van der Waals surface area contributed by atoms with Crippen LogP contribution in [0.5, 0.6) is 0 Å². The highest BCUT2D eigenvalue weighted by molar-refractivity contribution is 6.05. The second kappa shape index (κ2) is 11.8. The molecule has 0 bridgehead atoms. The van der Waals surface area contributed by atoms with Gasteiger partial charge in [-0.15, -0.1) is 0 Å². The molecule has 2 aromatic carbocycles. The van der Waals surface area contributed by atoms with Crippen LogP contribution >= 0.6 is 0 Å². The van der Waals surface area contributed by atoms with Crippen LogP contribution in [-0.4, -0.2) is 11.1 Å². The predicted octanol–water partition coefficient (Wildman–Crippen LogP) is 7.56. The topological polar surface area (TPSA) is 37.3 Å². The fraction of sp³-hybridized carbons (Fsp3) is 0.560. The molecule has 27 heavy (non-hydrogen) atoms. The van der Waals surface area contributed by atoms with Gasteiger partial charge in [0.2, 0.25) is 0 Å². The molecule has 2 aromatic rings. The van der Waals surface area contributed by atoms with E-state index in [1.165, 1.54) is 63.4 Å². The summed E-state index contributed by atoms with van der Waals surface area (Å²) in [6, 6.07) is 10.5. The lowest BCUT2D eigenvalue weighted by Gasteiger charge is -2.11. The third-order valence-corrected chi connectivity index (χ3v) is 5.50. The first-order valence-electron chi connectivity index (χ1n) is 10.9. The molecule has 0 heterocycles. The van der Waals surface area contributed by atoms with Gasteiger partial charge in [-0.05, 0) is 47.6 Å². The van der Waals surface area contributed by atoms with Gasteiger partial charge < -0.3 is 5.11 Å². The predicted molar refractivity (Wildman–Crippen MR) is 116 cm³/mol. The average molecular weight is 369 g/mol. The molecule has 0 saturated heterocycles. The van der Waals surface area contributed by atoms with E-state index in [9.17, 15) is 9.90 Å². The quantitative estimate of drug-likeness (QED) is 0.370. The number of fused-ring (bicyclic) bond motifs is 1. The number of unbranched alkanes of at least 4 members (excludes halogenated alkanes) is 8. The van der Waals surface area contributed by atoms with Gasteiger partial charge in [0.05, 0.1) is 5.56 Å². The number of hydrogen-bond donors (Lipinski definition) is 1. The molecule has 0 saturated carbocycles. The van der Waals surface area contributed by atoms with Gasteiger partial charge in [-0.1, -0.05) is 95.5 Å². The normalized spacial score (nSPS) is 11.2. The van der Waals surface area contributed by atoms with Gasteiger partial charge >= 0.3 is 5.97 Å². The van der Waals surface area contributed by atoms with Crippen molar-refractivity contribution in [1.29, 1.82) is 0 Å². The van der Waals surface area contributed by atoms with E-state index in [1.54, 1.807) is 0 Å². The van der Waals surface area contributed by atoms with Crippen molar-refractivity contribution in [3.8, 4) is 0 Å². The summed E-state index contributed by atoms with van der Waals surface area (Å²) < 4.78 is 0. The number of carbonyl (C=O) groups is 1. The zero-order chi connectivity index (χ0) is 19.5. The highest BCUT2D eigenvalue weighted by Gasteiger charge is 2.14. The van der Waals surface area contributed by atoms with Crippen molar-refractivity contribution >= 4 is 16.7 Å². The Kier molecular flexibility index (Phi) is 9.38. The van der Waals surface area contributed by atoms with E-state index < -0.39 is 5.97 Å². The van der Waals surface area contributed by atoms with Gasteiger partial charge in [0.25, 0.3) is 0 Å². The first kappa shape index (κ1) is 21.5. The van der Waals surface area contributed by atoms with E-state index in [0.717, 1.165) is 35.6 Å². The minimum atomic E-state index is -0.795. The summed E-state index contributed by atoms with van der Waals surface area (Å²) >= 11 is 0. The highest BCUT2D eigenvalue weighted by atomic mass is 16.4. The molecule has 0 aliphatic carbocycles. The second-order valence-corrected chi connectivity index (χ2v) is 7.79. The monoisotopic (exact) mass is 368 g/mol. The van der Waals surface area contributed by atoms with Crippen molar-refractivity contribution in [1.82, 2.24) is 0 Å². The van der Waals surface area contributed by atoms with Crippen LogP contribution in [0.15, 0.2) is 30.3 Å². The number of carboxylic acids is 1. The average Bonchev–Trinajstić information content (AvgIpc) is 2.67. The lowest BCUT2D eigenvalue weighted by Crippen LogP contribution is -2.04. The van der Waals surface area contributed by atoms with Crippen LogP contribution < -0.4 is 0 Å². The molecule has 0 aliphatic heterocycles. The first-order valence-corrected chi connectivity index (χ1v) is 10.9. The molecule has 2 heteroatoms. The Morgan fingerprint density at radius 2 is 1.41 bits per heavy atom. The summed E-state index contributed by atoms with van der Waals surface area (Å²) in [6.07, 6.45) is 14.3. The SMILES string of the molecule is CCCCCCCc1ccc2c(C(=O)O)c(CCCCCCC)ccc2c1. The lowest BCUT2D eigenvalue weighted by atomic mass is 9.93. The molecule has 2 rings (SSSR count). The molecule has 0 aliphatic rings. The number of carboxylic acid groups (broad SMARTS) is 1. The van der Waals surface area contributed by atoms with Gasteiger partial charge in [0.15, 0.2) is 0 Å². The Morgan fingerprint density at radius 1 is 0.778 bits per heavy atom. The standard InChI is InChI=1S/C25H36O2/c1-3-5-7-9-11-13-20-15-18-23-22(19-20)17-16-21(24(23)25(26)27)14-12-10-8-6-4-2/h15-19H,3-14H2,1-2H3,(H,26,27). The van der Waals surface area contributed by atoms with Crippen molar-refractivity contribution in [2.75, 3.05) is 0 Å². The molecule has 0 atom stereocenters. The van der Waals surface area contributed by atoms with Crippen LogP contribution in [0.25, 0.3) is 10.8 Å². The maximum Gasteiger partial charge on any atom is 0.336 e. The molecule has 2 nitrogen and oxygen atoms in total. The molecule has 1 N–H and O–H groups in total. The number of aromatic carboxylic acids is 1. The lowest BCUT2D eigenvalue weighted by molar-refractivity contribution is 0.0698. The number of rotatable bonds is 13. The second-order valence-electron chi connectivity index (χ2n) is 7.79. The van der Waals surface area contributed by atoms with Gasteiger partial charge in [-0.2, -0.15) is 0 Å². The van der Waals surface area contributed by atoms with E-state index in [2.05, 4.69) is 32.0 Å². The van der Waals surface area contributed by atoms with Gasteiger partial charge in [-0.25, -0.2) is 4.79 Å². The minimum absolute atomic E-state index is 0.512. The van der Waals surface area contributed by atoms with Crippen LogP contribution in [-0.2, 0) is 12.8 Å². The largest absolute Gasteiger partial charge is 0.478 e. The van der Waals surface area contributed by atoms with Gasteiger partial charge in [-0.3, -0.25) is 0 Å².